The molecule has 19 heavy (non-hydrogen) atoms. The van der Waals surface area contributed by atoms with E-state index < -0.39 is 30.0 Å². The second-order valence-electron chi connectivity index (χ2n) is 3.79. The standard InChI is InChI=1S/C12H17NO6/c1-3-6-12(10(16)17,7-5-9(14)15)13-11(18)19-8-4-2/h3-4H,1-2,5-8H2,(H,13,18)(H,14,15)(H,16,17)/t12-/m0/s1. The molecule has 7 heteroatoms. The zero-order valence-corrected chi connectivity index (χ0v) is 10.4. The van der Waals surface area contributed by atoms with Gasteiger partial charge in [0.2, 0.25) is 0 Å². The number of aliphatic carboxylic acids is 2. The highest BCUT2D eigenvalue weighted by Crippen LogP contribution is 2.19. The van der Waals surface area contributed by atoms with E-state index in [1.54, 1.807) is 0 Å². The van der Waals surface area contributed by atoms with Crippen LogP contribution < -0.4 is 5.32 Å². The first kappa shape index (κ1) is 16.7. The molecule has 1 atom stereocenters. The van der Waals surface area contributed by atoms with Crippen molar-refractivity contribution >= 4 is 18.0 Å². The Morgan fingerprint density at radius 3 is 2.26 bits per heavy atom. The second kappa shape index (κ2) is 7.91. The topological polar surface area (TPSA) is 113 Å². The van der Waals surface area contributed by atoms with Crippen LogP contribution in [0.2, 0.25) is 0 Å². The van der Waals surface area contributed by atoms with Gasteiger partial charge in [0.05, 0.1) is 0 Å². The van der Waals surface area contributed by atoms with Crippen molar-refractivity contribution in [3.05, 3.63) is 25.3 Å². The van der Waals surface area contributed by atoms with E-state index in [2.05, 4.69) is 23.2 Å². The largest absolute Gasteiger partial charge is 0.481 e. The average molecular weight is 271 g/mol. The SMILES string of the molecule is C=CCOC(=O)N[C@@](CC=C)(CCC(=O)O)C(=O)O. The Morgan fingerprint density at radius 1 is 1.21 bits per heavy atom. The van der Waals surface area contributed by atoms with Crippen LogP contribution in [0, 0.1) is 0 Å². The number of carbonyl (C=O) groups is 3. The molecule has 0 saturated heterocycles. The minimum absolute atomic E-state index is 0.0748. The summed E-state index contributed by atoms with van der Waals surface area (Å²) in [6.45, 7) is 6.68. The lowest BCUT2D eigenvalue weighted by Crippen LogP contribution is -2.54. The number of hydrogen-bond donors (Lipinski definition) is 3. The summed E-state index contributed by atoms with van der Waals surface area (Å²) in [5.74, 6) is -2.50. The van der Waals surface area contributed by atoms with Crippen molar-refractivity contribution in [3.8, 4) is 0 Å². The Balaban J connectivity index is 4.93. The number of hydrogen-bond acceptors (Lipinski definition) is 4. The van der Waals surface area contributed by atoms with Gasteiger partial charge in [-0.1, -0.05) is 18.7 Å². The molecule has 0 spiro atoms. The highest BCUT2D eigenvalue weighted by molar-refractivity contribution is 5.85. The summed E-state index contributed by atoms with van der Waals surface area (Å²) >= 11 is 0. The molecule has 0 aliphatic carbocycles. The first-order valence-electron chi connectivity index (χ1n) is 5.50. The summed E-state index contributed by atoms with van der Waals surface area (Å²) < 4.78 is 4.64. The first-order valence-corrected chi connectivity index (χ1v) is 5.50. The number of nitrogens with one attached hydrogen (secondary N) is 1. The normalized spacial score (nSPS) is 12.8. The lowest BCUT2D eigenvalue weighted by atomic mass is 9.89. The Morgan fingerprint density at radius 2 is 1.84 bits per heavy atom. The minimum atomic E-state index is -1.74. The monoisotopic (exact) mass is 271 g/mol. The summed E-state index contributed by atoms with van der Waals surface area (Å²) in [7, 11) is 0. The fraction of sp³-hybridized carbons (Fsp3) is 0.417. The molecule has 0 radical (unpaired) electrons. The Bertz CT molecular complexity index is 378. The van der Waals surface area contributed by atoms with Crippen LogP contribution in [0.4, 0.5) is 4.79 Å². The molecule has 0 saturated carbocycles. The summed E-state index contributed by atoms with van der Waals surface area (Å²) in [6.07, 6.45) is 0.888. The van der Waals surface area contributed by atoms with Gasteiger partial charge >= 0.3 is 18.0 Å². The van der Waals surface area contributed by atoms with Crippen LogP contribution >= 0.6 is 0 Å². The van der Waals surface area contributed by atoms with Gasteiger partial charge < -0.3 is 20.3 Å². The molecule has 0 aromatic carbocycles. The van der Waals surface area contributed by atoms with Crippen molar-refractivity contribution in [1.82, 2.24) is 5.32 Å². The zero-order valence-electron chi connectivity index (χ0n) is 10.4. The van der Waals surface area contributed by atoms with Crippen molar-refractivity contribution in [2.24, 2.45) is 0 Å². The second-order valence-corrected chi connectivity index (χ2v) is 3.79. The fourth-order valence-corrected chi connectivity index (χ4v) is 1.40. The van der Waals surface area contributed by atoms with Gasteiger partial charge in [-0.05, 0) is 12.8 Å². The molecule has 0 rings (SSSR count). The fourth-order valence-electron chi connectivity index (χ4n) is 1.40. The van der Waals surface area contributed by atoms with Gasteiger partial charge in [-0.3, -0.25) is 4.79 Å². The van der Waals surface area contributed by atoms with E-state index in [0.717, 1.165) is 0 Å². The highest BCUT2D eigenvalue weighted by Gasteiger charge is 2.39. The van der Waals surface area contributed by atoms with Crippen LogP contribution in [-0.2, 0) is 14.3 Å². The Hall–Kier alpha value is -2.31. The number of carboxylic acid groups (broad SMARTS) is 2. The molecule has 0 unspecified atom stereocenters. The number of amides is 1. The number of alkyl carbamates (subject to hydrolysis) is 1. The van der Waals surface area contributed by atoms with E-state index in [9.17, 15) is 19.5 Å². The van der Waals surface area contributed by atoms with Crippen LogP contribution in [0.25, 0.3) is 0 Å². The molecular formula is C12H17NO6. The Labute approximate surface area is 110 Å². The minimum Gasteiger partial charge on any atom is -0.481 e. The van der Waals surface area contributed by atoms with Crippen LogP contribution in [0.15, 0.2) is 25.3 Å². The maximum Gasteiger partial charge on any atom is 0.408 e. The van der Waals surface area contributed by atoms with Crippen molar-refractivity contribution in [1.29, 1.82) is 0 Å². The van der Waals surface area contributed by atoms with Crippen LogP contribution in [-0.4, -0.2) is 40.4 Å². The summed E-state index contributed by atoms with van der Waals surface area (Å²) in [5, 5.41) is 20.0. The summed E-state index contributed by atoms with van der Waals surface area (Å²) in [4.78, 5) is 33.3. The number of carboxylic acids is 2. The van der Waals surface area contributed by atoms with E-state index in [1.807, 2.05) is 0 Å². The third-order valence-corrected chi connectivity index (χ3v) is 2.34. The van der Waals surface area contributed by atoms with E-state index in [4.69, 9.17) is 5.11 Å². The van der Waals surface area contributed by atoms with Crippen LogP contribution in [0.1, 0.15) is 19.3 Å². The molecule has 0 fully saturated rings. The zero-order chi connectivity index (χ0) is 14.9. The number of carbonyl (C=O) groups excluding carboxylic acids is 1. The smallest absolute Gasteiger partial charge is 0.408 e. The molecule has 1 amide bonds. The summed E-state index contributed by atoms with van der Waals surface area (Å²) in [5.41, 5.74) is -1.74. The van der Waals surface area contributed by atoms with E-state index in [-0.39, 0.29) is 19.4 Å². The number of ether oxygens (including phenoxy) is 1. The molecule has 0 bridgehead atoms. The lowest BCUT2D eigenvalue weighted by molar-refractivity contribution is -0.145. The molecule has 0 aromatic rings. The summed E-state index contributed by atoms with van der Waals surface area (Å²) in [6, 6.07) is 0. The third-order valence-electron chi connectivity index (χ3n) is 2.34. The van der Waals surface area contributed by atoms with Crippen molar-refractivity contribution in [2.45, 2.75) is 24.8 Å². The molecular weight excluding hydrogens is 254 g/mol. The highest BCUT2D eigenvalue weighted by atomic mass is 16.5. The molecule has 3 N–H and O–H groups in total. The van der Waals surface area contributed by atoms with Gasteiger partial charge in [-0.25, -0.2) is 9.59 Å². The quantitative estimate of drug-likeness (QED) is 0.542. The van der Waals surface area contributed by atoms with E-state index >= 15 is 0 Å². The molecule has 106 valence electrons. The molecule has 7 nitrogen and oxygen atoms in total. The van der Waals surface area contributed by atoms with Gasteiger partial charge in [0.15, 0.2) is 0 Å². The maximum atomic E-state index is 11.4. The van der Waals surface area contributed by atoms with Gasteiger partial charge in [0.1, 0.15) is 12.1 Å². The van der Waals surface area contributed by atoms with E-state index in [0.29, 0.717) is 0 Å². The van der Waals surface area contributed by atoms with Crippen molar-refractivity contribution < 1.29 is 29.3 Å². The van der Waals surface area contributed by atoms with Gasteiger partial charge in [-0.15, -0.1) is 6.58 Å². The maximum absolute atomic E-state index is 11.4. The molecule has 0 aliphatic heterocycles. The predicted octanol–water partition coefficient (Wildman–Crippen LogP) is 1.16. The van der Waals surface area contributed by atoms with Crippen molar-refractivity contribution in [3.63, 3.8) is 0 Å². The van der Waals surface area contributed by atoms with Gasteiger partial charge in [0.25, 0.3) is 0 Å². The van der Waals surface area contributed by atoms with Gasteiger partial charge in [-0.2, -0.15) is 0 Å². The third kappa shape index (κ3) is 5.71. The van der Waals surface area contributed by atoms with Crippen LogP contribution in [0.5, 0.6) is 0 Å². The first-order chi connectivity index (χ1) is 8.88. The number of rotatable bonds is 9. The lowest BCUT2D eigenvalue weighted by Gasteiger charge is -2.28. The molecule has 0 aliphatic rings. The Kier molecular flexibility index (Phi) is 6.95. The average Bonchev–Trinajstić information content (AvgIpc) is 2.33. The molecule has 0 aromatic heterocycles. The predicted molar refractivity (Wildman–Crippen MR) is 66.7 cm³/mol. The van der Waals surface area contributed by atoms with Gasteiger partial charge in [0, 0.05) is 6.42 Å². The van der Waals surface area contributed by atoms with Crippen molar-refractivity contribution in [2.75, 3.05) is 6.61 Å². The van der Waals surface area contributed by atoms with E-state index in [1.165, 1.54) is 12.2 Å². The molecule has 0 heterocycles. The van der Waals surface area contributed by atoms with Crippen LogP contribution in [0.3, 0.4) is 0 Å².